The van der Waals surface area contributed by atoms with Gasteiger partial charge in [0.05, 0.1) is 5.38 Å². The second-order valence-electron chi connectivity index (χ2n) is 4.84. The van der Waals surface area contributed by atoms with Crippen molar-refractivity contribution in [1.29, 1.82) is 0 Å². The van der Waals surface area contributed by atoms with E-state index in [4.69, 9.17) is 11.6 Å². The highest BCUT2D eigenvalue weighted by Crippen LogP contribution is 2.23. The van der Waals surface area contributed by atoms with E-state index in [2.05, 4.69) is 21.2 Å². The number of aryl methyl sites for hydroxylation is 1. The van der Waals surface area contributed by atoms with Crippen LogP contribution in [0, 0.1) is 6.92 Å². The number of benzene rings is 1. The summed E-state index contributed by atoms with van der Waals surface area (Å²) in [7, 11) is 0. The van der Waals surface area contributed by atoms with Gasteiger partial charge in [0.1, 0.15) is 0 Å². The predicted octanol–water partition coefficient (Wildman–Crippen LogP) is 4.04. The van der Waals surface area contributed by atoms with E-state index in [0.29, 0.717) is 5.56 Å². The lowest BCUT2D eigenvalue weighted by molar-refractivity contribution is 0.0928. The molecule has 0 aliphatic heterocycles. The molecule has 2 rings (SSSR count). The normalized spacial score (nSPS) is 23.7. The third-order valence-corrected chi connectivity index (χ3v) is 4.83. The van der Waals surface area contributed by atoms with Gasteiger partial charge in [0, 0.05) is 16.1 Å². The van der Waals surface area contributed by atoms with Crippen molar-refractivity contribution in [3.63, 3.8) is 0 Å². The van der Waals surface area contributed by atoms with Crippen molar-refractivity contribution in [2.75, 3.05) is 0 Å². The molecule has 1 fully saturated rings. The van der Waals surface area contributed by atoms with Crippen LogP contribution in [-0.2, 0) is 0 Å². The molecule has 18 heavy (non-hydrogen) atoms. The summed E-state index contributed by atoms with van der Waals surface area (Å²) in [4.78, 5) is 12.1. The first-order valence-electron chi connectivity index (χ1n) is 6.29. The molecule has 1 N–H and O–H groups in total. The van der Waals surface area contributed by atoms with Gasteiger partial charge in [0.15, 0.2) is 0 Å². The van der Waals surface area contributed by atoms with Gasteiger partial charge in [-0.15, -0.1) is 11.6 Å². The molecule has 2 unspecified atom stereocenters. The van der Waals surface area contributed by atoms with E-state index < -0.39 is 0 Å². The summed E-state index contributed by atoms with van der Waals surface area (Å²) in [6.45, 7) is 1.98. The van der Waals surface area contributed by atoms with Crippen LogP contribution in [0.3, 0.4) is 0 Å². The van der Waals surface area contributed by atoms with Crippen molar-refractivity contribution >= 4 is 33.4 Å². The molecule has 1 amide bonds. The Labute approximate surface area is 121 Å². The van der Waals surface area contributed by atoms with Gasteiger partial charge in [-0.3, -0.25) is 4.79 Å². The Morgan fingerprint density at radius 3 is 2.78 bits per heavy atom. The Bertz CT molecular complexity index is 449. The topological polar surface area (TPSA) is 29.1 Å². The van der Waals surface area contributed by atoms with Crippen molar-refractivity contribution in [3.05, 3.63) is 33.8 Å². The van der Waals surface area contributed by atoms with Gasteiger partial charge in [-0.25, -0.2) is 0 Å². The monoisotopic (exact) mass is 329 g/mol. The average molecular weight is 331 g/mol. The summed E-state index contributed by atoms with van der Waals surface area (Å²) in [6.07, 6.45) is 4.28. The summed E-state index contributed by atoms with van der Waals surface area (Å²) in [5, 5.41) is 3.11. The van der Waals surface area contributed by atoms with E-state index in [1.165, 1.54) is 0 Å². The number of rotatable bonds is 2. The van der Waals surface area contributed by atoms with E-state index in [1.807, 2.05) is 25.1 Å². The summed E-state index contributed by atoms with van der Waals surface area (Å²) in [5.41, 5.74) is 1.76. The maximum atomic E-state index is 12.1. The first kappa shape index (κ1) is 13.9. The van der Waals surface area contributed by atoms with Crippen molar-refractivity contribution in [3.8, 4) is 0 Å². The van der Waals surface area contributed by atoms with Crippen LogP contribution in [0.5, 0.6) is 0 Å². The maximum Gasteiger partial charge on any atom is 0.251 e. The number of alkyl halides is 1. The van der Waals surface area contributed by atoms with Gasteiger partial charge < -0.3 is 5.32 Å². The fourth-order valence-corrected chi connectivity index (χ4v) is 2.88. The molecule has 1 saturated carbocycles. The fourth-order valence-electron chi connectivity index (χ4n) is 2.29. The summed E-state index contributed by atoms with van der Waals surface area (Å²) in [6, 6.07) is 5.74. The lowest BCUT2D eigenvalue weighted by Gasteiger charge is -2.27. The molecule has 0 bridgehead atoms. The van der Waals surface area contributed by atoms with Gasteiger partial charge >= 0.3 is 0 Å². The standard InChI is InChI=1S/C14H17BrClNO/c1-9-8-10(6-7-11(9)15)14(18)17-13-5-3-2-4-12(13)16/h6-8,12-13H,2-5H2,1H3,(H,17,18). The molecule has 4 heteroatoms. The van der Waals surface area contributed by atoms with Gasteiger partial charge in [-0.05, 0) is 43.5 Å². The number of carbonyl (C=O) groups excluding carboxylic acids is 1. The molecule has 1 aliphatic carbocycles. The molecule has 98 valence electrons. The van der Waals surface area contributed by atoms with Gasteiger partial charge in [0.2, 0.25) is 0 Å². The molecule has 0 spiro atoms. The number of nitrogens with one attached hydrogen (secondary N) is 1. The zero-order valence-corrected chi connectivity index (χ0v) is 12.7. The zero-order chi connectivity index (χ0) is 13.1. The van der Waals surface area contributed by atoms with Gasteiger partial charge in [0.25, 0.3) is 5.91 Å². The average Bonchev–Trinajstić information content (AvgIpc) is 2.35. The number of amides is 1. The van der Waals surface area contributed by atoms with Gasteiger partial charge in [-0.2, -0.15) is 0 Å². The van der Waals surface area contributed by atoms with Crippen LogP contribution in [0.2, 0.25) is 0 Å². The fraction of sp³-hybridized carbons (Fsp3) is 0.500. The molecule has 2 atom stereocenters. The highest BCUT2D eigenvalue weighted by molar-refractivity contribution is 9.10. The number of halogens is 2. The molecular formula is C14H17BrClNO. The van der Waals surface area contributed by atoms with E-state index in [1.54, 1.807) is 0 Å². The highest BCUT2D eigenvalue weighted by Gasteiger charge is 2.24. The van der Waals surface area contributed by atoms with Crippen LogP contribution >= 0.6 is 27.5 Å². The Morgan fingerprint density at radius 2 is 2.11 bits per heavy atom. The predicted molar refractivity (Wildman–Crippen MR) is 78.2 cm³/mol. The highest BCUT2D eigenvalue weighted by atomic mass is 79.9. The lowest BCUT2D eigenvalue weighted by Crippen LogP contribution is -2.42. The molecule has 1 aromatic carbocycles. The Hall–Kier alpha value is -0.540. The minimum atomic E-state index is -0.0249. The van der Waals surface area contributed by atoms with Crippen LogP contribution < -0.4 is 5.32 Å². The van der Waals surface area contributed by atoms with E-state index in [0.717, 1.165) is 35.7 Å². The van der Waals surface area contributed by atoms with Crippen LogP contribution in [0.1, 0.15) is 41.6 Å². The largest absolute Gasteiger partial charge is 0.348 e. The number of hydrogen-bond donors (Lipinski definition) is 1. The van der Waals surface area contributed by atoms with Crippen LogP contribution in [0.15, 0.2) is 22.7 Å². The van der Waals surface area contributed by atoms with E-state index in [9.17, 15) is 4.79 Å². The number of hydrogen-bond acceptors (Lipinski definition) is 1. The maximum absolute atomic E-state index is 12.1. The van der Waals surface area contributed by atoms with Crippen molar-refractivity contribution in [1.82, 2.24) is 5.32 Å². The molecule has 0 saturated heterocycles. The van der Waals surface area contributed by atoms with Crippen LogP contribution in [-0.4, -0.2) is 17.3 Å². The van der Waals surface area contributed by atoms with Gasteiger partial charge in [-0.1, -0.05) is 28.8 Å². The molecule has 2 nitrogen and oxygen atoms in total. The molecule has 0 heterocycles. The molecular weight excluding hydrogens is 314 g/mol. The molecule has 1 aromatic rings. The first-order chi connectivity index (χ1) is 8.58. The van der Waals surface area contributed by atoms with Crippen LogP contribution in [0.4, 0.5) is 0 Å². The van der Waals surface area contributed by atoms with Crippen LogP contribution in [0.25, 0.3) is 0 Å². The Morgan fingerprint density at radius 1 is 1.39 bits per heavy atom. The quantitative estimate of drug-likeness (QED) is 0.815. The third-order valence-electron chi connectivity index (χ3n) is 3.42. The van der Waals surface area contributed by atoms with Crippen molar-refractivity contribution in [2.45, 2.75) is 44.0 Å². The summed E-state index contributed by atoms with van der Waals surface area (Å²) < 4.78 is 1.02. The second kappa shape index (κ2) is 6.07. The lowest BCUT2D eigenvalue weighted by atomic mass is 9.94. The minimum absolute atomic E-state index is 0.0249. The second-order valence-corrected chi connectivity index (χ2v) is 6.26. The zero-order valence-electron chi connectivity index (χ0n) is 10.4. The third kappa shape index (κ3) is 3.27. The van der Waals surface area contributed by atoms with Crippen molar-refractivity contribution in [2.24, 2.45) is 0 Å². The summed E-state index contributed by atoms with van der Waals surface area (Å²) >= 11 is 9.68. The van der Waals surface area contributed by atoms with E-state index >= 15 is 0 Å². The SMILES string of the molecule is Cc1cc(C(=O)NC2CCCCC2Cl)ccc1Br. The van der Waals surface area contributed by atoms with E-state index in [-0.39, 0.29) is 17.3 Å². The number of carbonyl (C=O) groups is 1. The summed E-state index contributed by atoms with van der Waals surface area (Å²) in [5.74, 6) is -0.0249. The smallest absolute Gasteiger partial charge is 0.251 e. The Kier molecular flexibility index (Phi) is 4.68. The molecule has 0 radical (unpaired) electrons. The Balaban J connectivity index is 2.04. The molecule has 0 aromatic heterocycles. The first-order valence-corrected chi connectivity index (χ1v) is 7.52. The van der Waals surface area contributed by atoms with Crippen molar-refractivity contribution < 1.29 is 4.79 Å². The minimum Gasteiger partial charge on any atom is -0.348 e. The molecule has 1 aliphatic rings.